The van der Waals surface area contributed by atoms with Crippen molar-refractivity contribution >= 4 is 57.3 Å². The Labute approximate surface area is 182 Å². The van der Waals surface area contributed by atoms with Gasteiger partial charge in [0.15, 0.2) is 0 Å². The third kappa shape index (κ3) is 5.22. The molecule has 0 bridgehead atoms. The average Bonchev–Trinajstić information content (AvgIpc) is 3.10. The molecule has 8 nitrogen and oxygen atoms in total. The number of rotatable bonds is 6. The number of nitrogens with zero attached hydrogens (tertiary/aromatic N) is 5. The Bertz CT molecular complexity index is 975. The molecule has 138 valence electrons. The molecule has 0 saturated carbocycles. The van der Waals surface area contributed by atoms with Crippen LogP contribution in [0.4, 0.5) is 0 Å². The van der Waals surface area contributed by atoms with E-state index in [1.54, 1.807) is 13.3 Å². The number of carbonyl (C=O) groups excluding carboxylic acids is 1. The summed E-state index contributed by atoms with van der Waals surface area (Å²) in [6.07, 6.45) is 1.55. The molecular formula is C17H14I2N6O2. The third-order valence-electron chi connectivity index (χ3n) is 3.40. The van der Waals surface area contributed by atoms with E-state index in [1.165, 1.54) is 4.80 Å². The smallest absolute Gasteiger partial charge is 0.263 e. The van der Waals surface area contributed by atoms with Gasteiger partial charge in [0.1, 0.15) is 12.3 Å². The van der Waals surface area contributed by atoms with Crippen LogP contribution in [0.3, 0.4) is 0 Å². The maximum absolute atomic E-state index is 12.0. The molecule has 0 spiro atoms. The zero-order valence-electron chi connectivity index (χ0n) is 14.1. The van der Waals surface area contributed by atoms with Crippen molar-refractivity contribution in [3.63, 3.8) is 0 Å². The van der Waals surface area contributed by atoms with E-state index in [2.05, 4.69) is 71.1 Å². The second-order valence-corrected chi connectivity index (χ2v) is 7.72. The Morgan fingerprint density at radius 1 is 1.30 bits per heavy atom. The highest BCUT2D eigenvalue weighted by atomic mass is 127. The Morgan fingerprint density at radius 3 is 2.81 bits per heavy atom. The second kappa shape index (κ2) is 9.21. The van der Waals surface area contributed by atoms with Crippen LogP contribution in [0.15, 0.2) is 47.6 Å². The molecule has 2 aromatic carbocycles. The molecule has 3 rings (SSSR count). The quantitative estimate of drug-likeness (QED) is 0.272. The van der Waals surface area contributed by atoms with Crippen LogP contribution in [0.2, 0.25) is 0 Å². The first kappa shape index (κ1) is 19.7. The summed E-state index contributed by atoms with van der Waals surface area (Å²) in [6.45, 7) is -0.0852. The second-order valence-electron chi connectivity index (χ2n) is 5.31. The molecular weight excluding hydrogens is 574 g/mol. The van der Waals surface area contributed by atoms with Crippen molar-refractivity contribution in [2.24, 2.45) is 5.10 Å². The van der Waals surface area contributed by atoms with Gasteiger partial charge in [0.25, 0.3) is 5.91 Å². The van der Waals surface area contributed by atoms with E-state index in [9.17, 15) is 4.79 Å². The van der Waals surface area contributed by atoms with Crippen LogP contribution in [0, 0.1) is 7.14 Å². The van der Waals surface area contributed by atoms with Gasteiger partial charge >= 0.3 is 0 Å². The Kier molecular flexibility index (Phi) is 6.71. The molecule has 1 heterocycles. The van der Waals surface area contributed by atoms with E-state index in [0.717, 1.165) is 18.3 Å². The van der Waals surface area contributed by atoms with Crippen LogP contribution in [0.1, 0.15) is 5.56 Å². The summed E-state index contributed by atoms with van der Waals surface area (Å²) in [5.41, 5.74) is 4.07. The van der Waals surface area contributed by atoms with Crippen LogP contribution in [0.5, 0.6) is 5.75 Å². The van der Waals surface area contributed by atoms with Crippen molar-refractivity contribution in [2.45, 2.75) is 6.54 Å². The highest BCUT2D eigenvalue weighted by Crippen LogP contribution is 2.26. The van der Waals surface area contributed by atoms with E-state index in [4.69, 9.17) is 4.74 Å². The number of hydrogen-bond donors (Lipinski definition) is 1. The number of carbonyl (C=O) groups is 1. The lowest BCUT2D eigenvalue weighted by Crippen LogP contribution is -2.24. The fourth-order valence-electron chi connectivity index (χ4n) is 2.24. The van der Waals surface area contributed by atoms with Gasteiger partial charge in [-0.25, -0.2) is 5.43 Å². The highest BCUT2D eigenvalue weighted by Gasteiger charge is 2.10. The van der Waals surface area contributed by atoms with Gasteiger partial charge in [-0.2, -0.15) is 9.90 Å². The van der Waals surface area contributed by atoms with Gasteiger partial charge in [0.2, 0.25) is 5.82 Å². The van der Waals surface area contributed by atoms with Gasteiger partial charge in [-0.1, -0.05) is 30.3 Å². The number of halogens is 2. The maximum Gasteiger partial charge on any atom is 0.263 e. The molecule has 3 aromatic rings. The van der Waals surface area contributed by atoms with Crippen LogP contribution in [-0.4, -0.2) is 39.4 Å². The summed E-state index contributed by atoms with van der Waals surface area (Å²) in [7, 11) is 1.60. The molecule has 0 aliphatic carbocycles. The molecule has 27 heavy (non-hydrogen) atoms. The Hall–Kier alpha value is -2.09. The van der Waals surface area contributed by atoms with E-state index < -0.39 is 0 Å². The number of aromatic nitrogens is 4. The number of nitrogens with one attached hydrogen (secondary N) is 1. The number of tetrazole rings is 1. The van der Waals surface area contributed by atoms with Crippen molar-refractivity contribution in [3.05, 3.63) is 55.2 Å². The lowest BCUT2D eigenvalue weighted by molar-refractivity contribution is -0.122. The third-order valence-corrected chi connectivity index (χ3v) is 4.83. The predicted molar refractivity (Wildman–Crippen MR) is 117 cm³/mol. The van der Waals surface area contributed by atoms with Crippen molar-refractivity contribution in [3.8, 4) is 17.1 Å². The van der Waals surface area contributed by atoms with Crippen LogP contribution >= 0.6 is 45.2 Å². The van der Waals surface area contributed by atoms with Gasteiger partial charge in [0.05, 0.1) is 16.9 Å². The molecule has 0 unspecified atom stereocenters. The SMILES string of the molecule is COc1c(I)cc(I)cc1/C=N\NC(=O)Cn1nnc(-c2ccccc2)n1. The Morgan fingerprint density at radius 2 is 2.07 bits per heavy atom. The number of hydrogen-bond acceptors (Lipinski definition) is 6. The van der Waals surface area contributed by atoms with E-state index >= 15 is 0 Å². The molecule has 0 radical (unpaired) electrons. The monoisotopic (exact) mass is 588 g/mol. The van der Waals surface area contributed by atoms with Gasteiger partial charge in [0, 0.05) is 14.7 Å². The number of hydrazone groups is 1. The zero-order chi connectivity index (χ0) is 19.2. The molecule has 10 heteroatoms. The summed E-state index contributed by atoms with van der Waals surface area (Å²) in [5.74, 6) is 0.812. The van der Waals surface area contributed by atoms with Crippen LogP contribution in [-0.2, 0) is 11.3 Å². The normalized spacial score (nSPS) is 10.9. The maximum atomic E-state index is 12.0. The lowest BCUT2D eigenvalue weighted by Gasteiger charge is -2.07. The molecule has 1 aromatic heterocycles. The minimum absolute atomic E-state index is 0.0852. The summed E-state index contributed by atoms with van der Waals surface area (Å²) < 4.78 is 7.40. The largest absolute Gasteiger partial charge is 0.495 e. The van der Waals surface area contributed by atoms with Gasteiger partial charge in [-0.15, -0.1) is 10.2 Å². The summed E-state index contributed by atoms with van der Waals surface area (Å²) in [4.78, 5) is 13.3. The standard InChI is InChI=1S/C17H14I2N6O2/c1-27-16-12(7-13(18)8-14(16)19)9-20-21-15(26)10-25-23-17(22-24-25)11-5-3-2-4-6-11/h2-9H,10H2,1H3,(H,21,26)/b20-9-. The molecule has 1 N–H and O–H groups in total. The number of ether oxygens (including phenoxy) is 1. The fraction of sp³-hybridized carbons (Fsp3) is 0.118. The number of methoxy groups -OCH3 is 1. The molecule has 0 fully saturated rings. The molecule has 0 saturated heterocycles. The van der Waals surface area contributed by atoms with Crippen LogP contribution < -0.4 is 10.2 Å². The molecule has 0 aliphatic rings. The zero-order valence-corrected chi connectivity index (χ0v) is 18.4. The lowest BCUT2D eigenvalue weighted by atomic mass is 10.2. The summed E-state index contributed by atoms with van der Waals surface area (Å²) in [5, 5.41) is 16.0. The summed E-state index contributed by atoms with van der Waals surface area (Å²) in [6, 6.07) is 13.3. The minimum Gasteiger partial charge on any atom is -0.495 e. The molecule has 1 amide bonds. The first-order chi connectivity index (χ1) is 13.1. The van der Waals surface area contributed by atoms with Gasteiger partial charge in [-0.05, 0) is 62.5 Å². The van der Waals surface area contributed by atoms with Gasteiger partial charge < -0.3 is 4.74 Å². The van der Waals surface area contributed by atoms with E-state index in [0.29, 0.717) is 11.6 Å². The van der Waals surface area contributed by atoms with E-state index in [-0.39, 0.29) is 12.5 Å². The highest BCUT2D eigenvalue weighted by molar-refractivity contribution is 14.1. The van der Waals surface area contributed by atoms with Crippen molar-refractivity contribution in [1.29, 1.82) is 0 Å². The van der Waals surface area contributed by atoms with Crippen molar-refractivity contribution in [2.75, 3.05) is 7.11 Å². The first-order valence-electron chi connectivity index (χ1n) is 7.75. The van der Waals surface area contributed by atoms with Crippen LogP contribution in [0.25, 0.3) is 11.4 Å². The fourth-order valence-corrected chi connectivity index (χ4v) is 4.35. The van der Waals surface area contributed by atoms with Crippen molar-refractivity contribution < 1.29 is 9.53 Å². The first-order valence-corrected chi connectivity index (χ1v) is 9.90. The Balaban J connectivity index is 1.62. The number of benzene rings is 2. The number of amides is 1. The topological polar surface area (TPSA) is 94.3 Å². The minimum atomic E-state index is -0.359. The van der Waals surface area contributed by atoms with Gasteiger partial charge in [-0.3, -0.25) is 4.79 Å². The summed E-state index contributed by atoms with van der Waals surface area (Å²) >= 11 is 4.41. The van der Waals surface area contributed by atoms with Crippen molar-refractivity contribution in [1.82, 2.24) is 25.6 Å². The molecule has 0 aliphatic heterocycles. The predicted octanol–water partition coefficient (Wildman–Crippen LogP) is 2.71. The average molecular weight is 588 g/mol. The molecule has 0 atom stereocenters. The van der Waals surface area contributed by atoms with E-state index in [1.807, 2.05) is 42.5 Å².